The first kappa shape index (κ1) is 16.0. The van der Waals surface area contributed by atoms with Crippen LogP contribution in [0.2, 0.25) is 0 Å². The van der Waals surface area contributed by atoms with Crippen molar-refractivity contribution in [3.8, 4) is 5.75 Å². The maximum absolute atomic E-state index is 12.7. The predicted octanol–water partition coefficient (Wildman–Crippen LogP) is 3.52. The van der Waals surface area contributed by atoms with Gasteiger partial charge in [0.15, 0.2) is 5.78 Å². The monoisotopic (exact) mass is 316 g/mol. The van der Waals surface area contributed by atoms with Gasteiger partial charge >= 0.3 is 5.97 Å². The molecule has 0 saturated heterocycles. The molecule has 1 fully saturated rings. The highest BCUT2D eigenvalue weighted by atomic mass is 16.5. The molecule has 4 heteroatoms. The topological polar surface area (TPSA) is 52.6 Å². The Labute approximate surface area is 137 Å². The lowest BCUT2D eigenvalue weighted by Gasteiger charge is -2.53. The van der Waals surface area contributed by atoms with Gasteiger partial charge in [-0.25, -0.2) is 0 Å². The van der Waals surface area contributed by atoms with Crippen molar-refractivity contribution in [1.82, 2.24) is 0 Å². The van der Waals surface area contributed by atoms with Crippen LogP contribution in [0.5, 0.6) is 5.75 Å². The zero-order valence-corrected chi connectivity index (χ0v) is 14.3. The molecule has 0 aromatic heterocycles. The highest BCUT2D eigenvalue weighted by Gasteiger charge is 2.57. The van der Waals surface area contributed by atoms with Gasteiger partial charge in [-0.05, 0) is 54.9 Å². The number of benzene rings is 1. The van der Waals surface area contributed by atoms with E-state index in [-0.39, 0.29) is 23.1 Å². The fraction of sp³-hybridized carbons (Fsp3) is 0.579. The van der Waals surface area contributed by atoms with Crippen LogP contribution in [-0.2, 0) is 14.9 Å². The second kappa shape index (κ2) is 5.36. The molecule has 3 rings (SSSR count). The number of carbonyl (C=O) groups is 2. The van der Waals surface area contributed by atoms with Crippen LogP contribution in [0.15, 0.2) is 18.2 Å². The number of ether oxygens (including phenoxy) is 2. The maximum Gasteiger partial charge on any atom is 0.311 e. The summed E-state index contributed by atoms with van der Waals surface area (Å²) in [7, 11) is 3.06. The van der Waals surface area contributed by atoms with Crippen molar-refractivity contribution in [3.63, 3.8) is 0 Å². The van der Waals surface area contributed by atoms with Crippen molar-refractivity contribution in [2.24, 2.45) is 11.3 Å². The molecule has 23 heavy (non-hydrogen) atoms. The van der Waals surface area contributed by atoms with Crippen molar-refractivity contribution in [1.29, 1.82) is 0 Å². The largest absolute Gasteiger partial charge is 0.497 e. The van der Waals surface area contributed by atoms with Crippen LogP contribution in [-0.4, -0.2) is 26.0 Å². The molecule has 124 valence electrons. The zero-order chi connectivity index (χ0) is 16.8. The molecule has 2 aliphatic rings. The van der Waals surface area contributed by atoms with Crippen molar-refractivity contribution in [2.45, 2.75) is 44.9 Å². The second-order valence-electron chi connectivity index (χ2n) is 7.27. The van der Waals surface area contributed by atoms with E-state index >= 15 is 0 Å². The summed E-state index contributed by atoms with van der Waals surface area (Å²) in [5.41, 5.74) is 0.976. The van der Waals surface area contributed by atoms with E-state index in [1.54, 1.807) is 7.11 Å². The van der Waals surface area contributed by atoms with Gasteiger partial charge in [0.05, 0.1) is 19.6 Å². The Morgan fingerprint density at radius 3 is 2.61 bits per heavy atom. The van der Waals surface area contributed by atoms with E-state index < -0.39 is 5.41 Å². The van der Waals surface area contributed by atoms with Crippen LogP contribution in [0.1, 0.15) is 55.5 Å². The molecule has 4 nitrogen and oxygen atoms in total. The lowest BCUT2D eigenvalue weighted by molar-refractivity contribution is -0.160. The molecule has 0 amide bonds. The molecular weight excluding hydrogens is 292 g/mol. The average Bonchev–Trinajstić information content (AvgIpc) is 2.56. The first-order valence-corrected chi connectivity index (χ1v) is 8.17. The molecule has 1 aromatic rings. The number of ketones is 1. The van der Waals surface area contributed by atoms with Crippen molar-refractivity contribution < 1.29 is 19.1 Å². The van der Waals surface area contributed by atoms with Crippen molar-refractivity contribution >= 4 is 11.8 Å². The third-order valence-electron chi connectivity index (χ3n) is 6.11. The maximum atomic E-state index is 12.7. The molecule has 2 aliphatic carbocycles. The van der Waals surface area contributed by atoms with Crippen molar-refractivity contribution in [2.75, 3.05) is 14.2 Å². The summed E-state index contributed by atoms with van der Waals surface area (Å²) in [6, 6.07) is 5.67. The van der Waals surface area contributed by atoms with E-state index in [1.807, 2.05) is 25.1 Å². The van der Waals surface area contributed by atoms with E-state index in [0.717, 1.165) is 36.1 Å². The van der Waals surface area contributed by atoms with Crippen LogP contribution < -0.4 is 4.74 Å². The van der Waals surface area contributed by atoms with Gasteiger partial charge in [-0.15, -0.1) is 0 Å². The molecule has 0 N–H and O–H groups in total. The SMILES string of the molecule is COC(=O)[C@@]1(C)CCC[C@]2(C)c3cc(OC)ccc3C(=O)C[C@H]12. The highest BCUT2D eigenvalue weighted by Crippen LogP contribution is 2.57. The number of Topliss-reactive ketones (excluding diaryl/α,β-unsaturated/α-hetero) is 1. The summed E-state index contributed by atoms with van der Waals surface area (Å²) in [5, 5.41) is 0. The average molecular weight is 316 g/mol. The van der Waals surface area contributed by atoms with Gasteiger partial charge in [0.25, 0.3) is 0 Å². The highest BCUT2D eigenvalue weighted by molar-refractivity contribution is 6.00. The molecule has 0 aliphatic heterocycles. The molecule has 1 aromatic carbocycles. The van der Waals surface area contributed by atoms with Gasteiger partial charge in [0.2, 0.25) is 0 Å². The quantitative estimate of drug-likeness (QED) is 0.783. The summed E-state index contributed by atoms with van der Waals surface area (Å²) in [5.74, 6) is 0.627. The molecule has 0 heterocycles. The number of carbonyl (C=O) groups excluding carboxylic acids is 2. The van der Waals surface area contributed by atoms with Gasteiger partial charge in [0.1, 0.15) is 5.75 Å². The Morgan fingerprint density at radius 1 is 1.22 bits per heavy atom. The van der Waals surface area contributed by atoms with Crippen LogP contribution in [0.4, 0.5) is 0 Å². The zero-order valence-electron chi connectivity index (χ0n) is 14.3. The lowest BCUT2D eigenvalue weighted by Crippen LogP contribution is -2.53. The minimum Gasteiger partial charge on any atom is -0.497 e. The van der Waals surface area contributed by atoms with Gasteiger partial charge in [-0.3, -0.25) is 9.59 Å². The van der Waals surface area contributed by atoms with Gasteiger partial charge in [0, 0.05) is 12.0 Å². The Balaban J connectivity index is 2.17. The molecule has 0 unspecified atom stereocenters. The number of hydrogen-bond donors (Lipinski definition) is 0. The number of methoxy groups -OCH3 is 2. The molecule has 0 radical (unpaired) electrons. The van der Waals surface area contributed by atoms with Crippen LogP contribution >= 0.6 is 0 Å². The Bertz CT molecular complexity index is 665. The van der Waals surface area contributed by atoms with Crippen LogP contribution in [0, 0.1) is 11.3 Å². The summed E-state index contributed by atoms with van der Waals surface area (Å²) in [4.78, 5) is 25.2. The van der Waals surface area contributed by atoms with Gasteiger partial charge < -0.3 is 9.47 Å². The van der Waals surface area contributed by atoms with Crippen LogP contribution in [0.25, 0.3) is 0 Å². The standard InChI is InChI=1S/C19H24O4/c1-18-8-5-9-19(2,17(21)23-4)16(18)11-15(20)13-7-6-12(22-3)10-14(13)18/h6-7,10,16H,5,8-9,11H2,1-4H3/t16-,18+,19-/m0/s1. The smallest absolute Gasteiger partial charge is 0.311 e. The van der Waals surface area contributed by atoms with E-state index in [4.69, 9.17) is 9.47 Å². The normalized spacial score (nSPS) is 32.7. The van der Waals surface area contributed by atoms with E-state index in [1.165, 1.54) is 7.11 Å². The Hall–Kier alpha value is -1.84. The second-order valence-corrected chi connectivity index (χ2v) is 7.27. The third kappa shape index (κ3) is 2.19. The lowest BCUT2D eigenvalue weighted by atomic mass is 9.49. The van der Waals surface area contributed by atoms with Gasteiger partial charge in [-0.1, -0.05) is 13.3 Å². The first-order valence-electron chi connectivity index (χ1n) is 8.17. The Kier molecular flexibility index (Phi) is 3.74. The number of hydrogen-bond acceptors (Lipinski definition) is 4. The van der Waals surface area contributed by atoms with Gasteiger partial charge in [-0.2, -0.15) is 0 Å². The van der Waals surface area contributed by atoms with E-state index in [2.05, 4.69) is 6.92 Å². The number of fused-ring (bicyclic) bond motifs is 3. The predicted molar refractivity (Wildman–Crippen MR) is 86.8 cm³/mol. The Morgan fingerprint density at radius 2 is 1.96 bits per heavy atom. The summed E-state index contributed by atoms with van der Waals surface area (Å²) >= 11 is 0. The fourth-order valence-corrected chi connectivity index (χ4v) is 4.79. The minimum absolute atomic E-state index is 0.0386. The molecule has 0 spiro atoms. The minimum atomic E-state index is -0.613. The number of esters is 1. The number of rotatable bonds is 2. The molecular formula is C19H24O4. The van der Waals surface area contributed by atoms with Crippen molar-refractivity contribution in [3.05, 3.63) is 29.3 Å². The molecule has 1 saturated carbocycles. The van der Waals surface area contributed by atoms with E-state index in [9.17, 15) is 9.59 Å². The molecule has 3 atom stereocenters. The molecule has 0 bridgehead atoms. The van der Waals surface area contributed by atoms with Crippen LogP contribution in [0.3, 0.4) is 0 Å². The fourth-order valence-electron chi connectivity index (χ4n) is 4.79. The van der Waals surface area contributed by atoms with E-state index in [0.29, 0.717) is 6.42 Å². The first-order chi connectivity index (χ1) is 10.9. The summed E-state index contributed by atoms with van der Waals surface area (Å²) in [6.07, 6.45) is 3.09. The summed E-state index contributed by atoms with van der Waals surface area (Å²) < 4.78 is 10.4. The third-order valence-corrected chi connectivity index (χ3v) is 6.11. The summed E-state index contributed by atoms with van der Waals surface area (Å²) in [6.45, 7) is 4.14.